The molecule has 1 N–H and O–H groups in total. The summed E-state index contributed by atoms with van der Waals surface area (Å²) in [6.45, 7) is 10.6. The average Bonchev–Trinajstić information content (AvgIpc) is 2.70. The second-order valence-electron chi connectivity index (χ2n) is 9.58. The third-order valence-corrected chi connectivity index (χ3v) is 6.82. The number of benzene rings is 2. The lowest BCUT2D eigenvalue weighted by atomic mass is 10.1. The number of nitrogens with zero attached hydrogens (tertiary/aromatic N) is 2. The number of halogens is 1. The number of sulfonamides is 1. The molecule has 34 heavy (non-hydrogen) atoms. The quantitative estimate of drug-likeness (QED) is 0.583. The summed E-state index contributed by atoms with van der Waals surface area (Å²) in [6, 6.07) is 11.7. The maximum Gasteiger partial charge on any atom is 0.244 e. The van der Waals surface area contributed by atoms with E-state index in [0.717, 1.165) is 21.7 Å². The van der Waals surface area contributed by atoms with E-state index in [9.17, 15) is 18.0 Å². The van der Waals surface area contributed by atoms with Crippen LogP contribution in [0, 0.1) is 13.8 Å². The van der Waals surface area contributed by atoms with E-state index in [1.165, 1.54) is 4.90 Å². The molecule has 0 saturated heterocycles. The van der Waals surface area contributed by atoms with Crippen LogP contribution in [0.3, 0.4) is 0 Å². The molecule has 9 heteroatoms. The molecule has 2 rings (SSSR count). The van der Waals surface area contributed by atoms with Crippen LogP contribution in [-0.4, -0.2) is 49.5 Å². The third kappa shape index (κ3) is 7.46. The molecule has 0 bridgehead atoms. The molecule has 186 valence electrons. The topological polar surface area (TPSA) is 86.8 Å². The van der Waals surface area contributed by atoms with Gasteiger partial charge in [0, 0.05) is 17.1 Å². The van der Waals surface area contributed by atoms with Crippen LogP contribution in [0.4, 0.5) is 5.69 Å². The van der Waals surface area contributed by atoms with Crippen molar-refractivity contribution in [1.82, 2.24) is 10.2 Å². The third-order valence-electron chi connectivity index (χ3n) is 5.29. The number of aryl methyl sites for hydroxylation is 1. The highest BCUT2D eigenvalue weighted by atomic mass is 35.5. The van der Waals surface area contributed by atoms with Crippen molar-refractivity contribution in [1.29, 1.82) is 0 Å². The van der Waals surface area contributed by atoms with Gasteiger partial charge >= 0.3 is 0 Å². The van der Waals surface area contributed by atoms with E-state index < -0.39 is 34.1 Å². The van der Waals surface area contributed by atoms with Gasteiger partial charge in [0.05, 0.1) is 11.9 Å². The highest BCUT2D eigenvalue weighted by molar-refractivity contribution is 7.92. The molecule has 0 aromatic heterocycles. The first-order valence-electron chi connectivity index (χ1n) is 11.0. The summed E-state index contributed by atoms with van der Waals surface area (Å²) in [5, 5.41) is 3.30. The van der Waals surface area contributed by atoms with Gasteiger partial charge in [-0.15, -0.1) is 0 Å². The largest absolute Gasteiger partial charge is 0.350 e. The first-order valence-corrected chi connectivity index (χ1v) is 13.2. The van der Waals surface area contributed by atoms with Gasteiger partial charge in [-0.25, -0.2) is 8.42 Å². The summed E-state index contributed by atoms with van der Waals surface area (Å²) in [5.41, 5.74) is 2.24. The molecular formula is C25H34ClN3O4S. The fourth-order valence-corrected chi connectivity index (χ4v) is 4.59. The molecule has 0 aliphatic rings. The first kappa shape index (κ1) is 27.7. The molecule has 1 atom stereocenters. The highest BCUT2D eigenvalue weighted by Gasteiger charge is 2.31. The van der Waals surface area contributed by atoms with Gasteiger partial charge < -0.3 is 10.2 Å². The zero-order valence-corrected chi connectivity index (χ0v) is 22.4. The Bertz CT molecular complexity index is 1160. The first-order chi connectivity index (χ1) is 15.6. The van der Waals surface area contributed by atoms with E-state index in [0.29, 0.717) is 16.3 Å². The predicted molar refractivity (Wildman–Crippen MR) is 137 cm³/mol. The normalized spacial score (nSPS) is 12.7. The zero-order chi connectivity index (χ0) is 25.8. The Hall–Kier alpha value is -2.58. The van der Waals surface area contributed by atoms with E-state index >= 15 is 0 Å². The fraction of sp³-hybridized carbons (Fsp3) is 0.440. The minimum atomic E-state index is -3.81. The second-order valence-corrected chi connectivity index (χ2v) is 11.9. The summed E-state index contributed by atoms with van der Waals surface area (Å²) < 4.78 is 26.4. The number of rotatable bonds is 8. The number of nitrogens with one attached hydrogen (secondary N) is 1. The van der Waals surface area contributed by atoms with Crippen LogP contribution in [0.25, 0.3) is 0 Å². The Balaban J connectivity index is 2.45. The van der Waals surface area contributed by atoms with Crippen molar-refractivity contribution in [2.75, 3.05) is 17.1 Å². The smallest absolute Gasteiger partial charge is 0.244 e. The van der Waals surface area contributed by atoms with Gasteiger partial charge in [0.1, 0.15) is 12.6 Å². The molecule has 0 saturated carbocycles. The Morgan fingerprint density at radius 2 is 1.71 bits per heavy atom. The van der Waals surface area contributed by atoms with E-state index in [1.807, 2.05) is 52.0 Å². The predicted octanol–water partition coefficient (Wildman–Crippen LogP) is 4.05. The molecule has 7 nitrogen and oxygen atoms in total. The lowest BCUT2D eigenvalue weighted by molar-refractivity contribution is -0.140. The lowest BCUT2D eigenvalue weighted by Gasteiger charge is -2.33. The minimum Gasteiger partial charge on any atom is -0.350 e. The Labute approximate surface area is 208 Å². The molecule has 0 radical (unpaired) electrons. The highest BCUT2D eigenvalue weighted by Crippen LogP contribution is 2.28. The molecule has 0 spiro atoms. The standard InChI is InChI=1S/C25H34ClN3O4S/c1-17-10-8-11-20(14-17)15-28(19(3)24(31)27-25(4,5)6)23(30)16-29(34(7,32)33)22-13-9-12-21(26)18(22)2/h8-14,19H,15-16H2,1-7H3,(H,27,31). The van der Waals surface area contributed by atoms with E-state index in [-0.39, 0.29) is 12.5 Å². The minimum absolute atomic E-state index is 0.158. The molecule has 2 amide bonds. The summed E-state index contributed by atoms with van der Waals surface area (Å²) >= 11 is 6.21. The summed E-state index contributed by atoms with van der Waals surface area (Å²) in [4.78, 5) is 27.9. The number of hydrogen-bond donors (Lipinski definition) is 1. The number of carbonyl (C=O) groups is 2. The molecule has 0 heterocycles. The van der Waals surface area contributed by atoms with Gasteiger partial charge in [0.15, 0.2) is 0 Å². The summed E-state index contributed by atoms with van der Waals surface area (Å²) in [5.74, 6) is -0.818. The molecule has 0 aliphatic heterocycles. The van der Waals surface area contributed by atoms with Crippen molar-refractivity contribution in [3.05, 3.63) is 64.2 Å². The Morgan fingerprint density at radius 1 is 1.09 bits per heavy atom. The van der Waals surface area contributed by atoms with Crippen LogP contribution in [0.15, 0.2) is 42.5 Å². The van der Waals surface area contributed by atoms with Crippen LogP contribution in [0.5, 0.6) is 0 Å². The van der Waals surface area contributed by atoms with E-state index in [1.54, 1.807) is 32.0 Å². The van der Waals surface area contributed by atoms with Gasteiger partial charge in [0.2, 0.25) is 21.8 Å². The second kappa shape index (κ2) is 10.8. The fourth-order valence-electron chi connectivity index (χ4n) is 3.52. The molecule has 0 fully saturated rings. The monoisotopic (exact) mass is 507 g/mol. The molecule has 1 unspecified atom stereocenters. The summed E-state index contributed by atoms with van der Waals surface area (Å²) in [6.07, 6.45) is 1.04. The van der Waals surface area contributed by atoms with Crippen LogP contribution in [-0.2, 0) is 26.2 Å². The van der Waals surface area contributed by atoms with Crippen LogP contribution >= 0.6 is 11.6 Å². The summed E-state index contributed by atoms with van der Waals surface area (Å²) in [7, 11) is -3.81. The number of amides is 2. The van der Waals surface area contributed by atoms with Gasteiger partial charge in [-0.1, -0.05) is 47.5 Å². The lowest BCUT2D eigenvalue weighted by Crippen LogP contribution is -2.54. The number of carbonyl (C=O) groups excluding carboxylic acids is 2. The van der Waals surface area contributed by atoms with Crippen molar-refractivity contribution < 1.29 is 18.0 Å². The van der Waals surface area contributed by atoms with Gasteiger partial charge in [-0.3, -0.25) is 13.9 Å². The Morgan fingerprint density at radius 3 is 2.26 bits per heavy atom. The van der Waals surface area contributed by atoms with Crippen molar-refractivity contribution in [3.63, 3.8) is 0 Å². The molecule has 2 aromatic rings. The van der Waals surface area contributed by atoms with Crippen molar-refractivity contribution in [2.24, 2.45) is 0 Å². The van der Waals surface area contributed by atoms with Crippen molar-refractivity contribution >= 4 is 39.1 Å². The zero-order valence-electron chi connectivity index (χ0n) is 20.8. The molecule has 0 aliphatic carbocycles. The van der Waals surface area contributed by atoms with Crippen LogP contribution < -0.4 is 9.62 Å². The van der Waals surface area contributed by atoms with Crippen LogP contribution in [0.2, 0.25) is 5.02 Å². The van der Waals surface area contributed by atoms with Gasteiger partial charge in [-0.2, -0.15) is 0 Å². The van der Waals surface area contributed by atoms with Gasteiger partial charge in [0.25, 0.3) is 0 Å². The number of hydrogen-bond acceptors (Lipinski definition) is 4. The SMILES string of the molecule is Cc1cccc(CN(C(=O)CN(c2cccc(Cl)c2C)S(C)(=O)=O)C(C)C(=O)NC(C)(C)C)c1. The van der Waals surface area contributed by atoms with Gasteiger partial charge in [-0.05, 0) is 64.8 Å². The molecular weight excluding hydrogens is 474 g/mol. The average molecular weight is 508 g/mol. The molecule has 2 aromatic carbocycles. The maximum atomic E-state index is 13.6. The van der Waals surface area contributed by atoms with Crippen LogP contribution in [0.1, 0.15) is 44.4 Å². The maximum absolute atomic E-state index is 13.6. The van der Waals surface area contributed by atoms with Crippen molar-refractivity contribution in [3.8, 4) is 0 Å². The number of anilines is 1. The van der Waals surface area contributed by atoms with Crippen molar-refractivity contribution in [2.45, 2.75) is 59.7 Å². The van der Waals surface area contributed by atoms with E-state index in [4.69, 9.17) is 11.6 Å². The Kier molecular flexibility index (Phi) is 8.77. The van der Waals surface area contributed by atoms with E-state index in [2.05, 4.69) is 5.32 Å².